The lowest BCUT2D eigenvalue weighted by Crippen LogP contribution is -2.15. The number of aromatic nitrogens is 3. The van der Waals surface area contributed by atoms with E-state index in [1.807, 2.05) is 36.4 Å². The number of carbonyl (C=O) groups is 1. The fourth-order valence-electron chi connectivity index (χ4n) is 2.86. The molecule has 0 fully saturated rings. The predicted octanol–water partition coefficient (Wildman–Crippen LogP) is 2.50. The Hall–Kier alpha value is -2.69. The molecule has 0 spiro atoms. The molecule has 5 heteroatoms. The van der Waals surface area contributed by atoms with E-state index in [9.17, 15) is 4.79 Å². The zero-order valence-electron chi connectivity index (χ0n) is 11.4. The molecule has 0 saturated heterocycles. The van der Waals surface area contributed by atoms with Crippen LogP contribution >= 0.6 is 0 Å². The van der Waals surface area contributed by atoms with Crippen molar-refractivity contribution in [2.75, 3.05) is 5.73 Å². The molecule has 4 rings (SSSR count). The van der Waals surface area contributed by atoms with Crippen LogP contribution in [0, 0.1) is 0 Å². The van der Waals surface area contributed by atoms with Crippen molar-refractivity contribution in [1.29, 1.82) is 0 Å². The minimum absolute atomic E-state index is 0.157. The molecule has 0 amide bonds. The van der Waals surface area contributed by atoms with Gasteiger partial charge in [-0.3, -0.25) is 4.79 Å². The van der Waals surface area contributed by atoms with Gasteiger partial charge in [0.25, 0.3) is 0 Å². The van der Waals surface area contributed by atoms with Crippen LogP contribution in [0.4, 0.5) is 5.95 Å². The van der Waals surface area contributed by atoms with Crippen molar-refractivity contribution in [2.45, 2.75) is 19.3 Å². The van der Waals surface area contributed by atoms with E-state index in [0.29, 0.717) is 17.9 Å². The Balaban J connectivity index is 2.02. The van der Waals surface area contributed by atoms with Crippen molar-refractivity contribution in [3.8, 4) is 11.3 Å². The Kier molecular flexibility index (Phi) is 2.54. The highest BCUT2D eigenvalue weighted by Crippen LogP contribution is 2.28. The van der Waals surface area contributed by atoms with Crippen molar-refractivity contribution in [3.63, 3.8) is 0 Å². The second-order valence-electron chi connectivity index (χ2n) is 5.26. The number of rotatable bonds is 1. The Bertz CT molecular complexity index is 852. The summed E-state index contributed by atoms with van der Waals surface area (Å²) in [6, 6.07) is 11.7. The monoisotopic (exact) mass is 278 g/mol. The van der Waals surface area contributed by atoms with Gasteiger partial charge in [0.1, 0.15) is 5.69 Å². The molecule has 0 bridgehead atoms. The van der Waals surface area contributed by atoms with Crippen molar-refractivity contribution < 1.29 is 4.79 Å². The molecule has 0 atom stereocenters. The molecule has 2 aromatic heterocycles. The standard InChI is InChI=1S/C16H14N4O/c17-16-18-15(10-5-2-1-3-6-10)13-9-11-12(19-20(13)16)7-4-8-14(11)21/h1-3,5-6,9H,4,7-8H2,(H2,17,18). The highest BCUT2D eigenvalue weighted by molar-refractivity contribution is 5.99. The number of nitrogen functional groups attached to an aromatic ring is 1. The topological polar surface area (TPSA) is 73.3 Å². The summed E-state index contributed by atoms with van der Waals surface area (Å²) in [4.78, 5) is 16.5. The van der Waals surface area contributed by atoms with E-state index in [-0.39, 0.29) is 5.78 Å². The van der Waals surface area contributed by atoms with Crippen molar-refractivity contribution >= 4 is 17.2 Å². The lowest BCUT2D eigenvalue weighted by Gasteiger charge is -2.13. The molecule has 2 N–H and O–H groups in total. The number of hydrogen-bond acceptors (Lipinski definition) is 4. The van der Waals surface area contributed by atoms with E-state index in [0.717, 1.165) is 35.3 Å². The summed E-state index contributed by atoms with van der Waals surface area (Å²) in [7, 11) is 0. The van der Waals surface area contributed by atoms with Gasteiger partial charge in [0.15, 0.2) is 5.78 Å². The summed E-state index contributed by atoms with van der Waals surface area (Å²) in [5.41, 5.74) is 10.0. The van der Waals surface area contributed by atoms with Crippen molar-refractivity contribution in [2.24, 2.45) is 0 Å². The van der Waals surface area contributed by atoms with Crippen molar-refractivity contribution in [1.82, 2.24) is 14.6 Å². The molecule has 1 aromatic carbocycles. The molecule has 0 unspecified atom stereocenters. The summed E-state index contributed by atoms with van der Waals surface area (Å²) in [6.45, 7) is 0. The average Bonchev–Trinajstić information content (AvgIpc) is 2.84. The summed E-state index contributed by atoms with van der Waals surface area (Å²) < 4.78 is 1.64. The number of hydrogen-bond donors (Lipinski definition) is 1. The molecular formula is C16H14N4O. The van der Waals surface area contributed by atoms with Gasteiger partial charge in [-0.05, 0) is 18.9 Å². The fraction of sp³-hybridized carbons (Fsp3) is 0.188. The number of nitrogens with zero attached hydrogens (tertiary/aromatic N) is 3. The van der Waals surface area contributed by atoms with Gasteiger partial charge < -0.3 is 5.73 Å². The molecule has 0 aliphatic heterocycles. The first kappa shape index (κ1) is 12.1. The molecule has 0 radical (unpaired) electrons. The lowest BCUT2D eigenvalue weighted by molar-refractivity contribution is 0.0971. The van der Waals surface area contributed by atoms with Crippen LogP contribution in [0.5, 0.6) is 0 Å². The maximum absolute atomic E-state index is 12.1. The Morgan fingerprint density at radius 2 is 1.95 bits per heavy atom. The third-order valence-electron chi connectivity index (χ3n) is 3.89. The van der Waals surface area contributed by atoms with Crippen LogP contribution in [0.1, 0.15) is 28.9 Å². The van der Waals surface area contributed by atoms with Crippen molar-refractivity contribution in [3.05, 3.63) is 47.7 Å². The number of carbonyl (C=O) groups excluding carboxylic acids is 1. The van der Waals surface area contributed by atoms with Crippen LogP contribution in [0.2, 0.25) is 0 Å². The van der Waals surface area contributed by atoms with Gasteiger partial charge in [-0.25, -0.2) is 4.98 Å². The van der Waals surface area contributed by atoms with Gasteiger partial charge in [-0.15, -0.1) is 0 Å². The molecule has 5 nitrogen and oxygen atoms in total. The van der Waals surface area contributed by atoms with Crippen LogP contribution in [0.3, 0.4) is 0 Å². The number of Topliss-reactive ketones (excluding diaryl/α,β-unsaturated/α-hetero) is 1. The number of ketones is 1. The smallest absolute Gasteiger partial charge is 0.222 e. The van der Waals surface area contributed by atoms with Crippen LogP contribution in [0.25, 0.3) is 16.8 Å². The van der Waals surface area contributed by atoms with Gasteiger partial charge in [0.05, 0.1) is 11.2 Å². The third kappa shape index (κ3) is 1.81. The molecule has 2 heterocycles. The summed E-state index contributed by atoms with van der Waals surface area (Å²) in [5.74, 6) is 0.509. The number of anilines is 1. The number of aryl methyl sites for hydroxylation is 1. The Morgan fingerprint density at radius 1 is 1.14 bits per heavy atom. The van der Waals surface area contributed by atoms with E-state index in [4.69, 9.17) is 5.73 Å². The van der Waals surface area contributed by atoms with E-state index >= 15 is 0 Å². The number of imidazole rings is 1. The quantitative estimate of drug-likeness (QED) is 0.742. The fourth-order valence-corrected chi connectivity index (χ4v) is 2.86. The summed E-state index contributed by atoms with van der Waals surface area (Å²) >= 11 is 0. The molecule has 0 saturated carbocycles. The van der Waals surface area contributed by atoms with Gasteiger partial charge in [0, 0.05) is 17.5 Å². The van der Waals surface area contributed by atoms with E-state index in [2.05, 4.69) is 10.1 Å². The van der Waals surface area contributed by atoms with E-state index in [1.165, 1.54) is 0 Å². The second kappa shape index (κ2) is 4.41. The minimum Gasteiger partial charge on any atom is -0.368 e. The van der Waals surface area contributed by atoms with Gasteiger partial charge in [-0.1, -0.05) is 30.3 Å². The summed E-state index contributed by atoms with van der Waals surface area (Å²) in [5, 5.41) is 4.52. The highest BCUT2D eigenvalue weighted by Gasteiger charge is 2.22. The van der Waals surface area contributed by atoms with Gasteiger partial charge in [0.2, 0.25) is 5.95 Å². The van der Waals surface area contributed by atoms with E-state index in [1.54, 1.807) is 4.52 Å². The first-order valence-corrected chi connectivity index (χ1v) is 7.01. The highest BCUT2D eigenvalue weighted by atomic mass is 16.1. The first-order valence-electron chi connectivity index (χ1n) is 7.01. The maximum atomic E-state index is 12.1. The van der Waals surface area contributed by atoms with Crippen LogP contribution < -0.4 is 5.73 Å². The van der Waals surface area contributed by atoms with Gasteiger partial charge in [-0.2, -0.15) is 9.61 Å². The molecular weight excluding hydrogens is 264 g/mol. The second-order valence-corrected chi connectivity index (χ2v) is 5.26. The molecule has 104 valence electrons. The average molecular weight is 278 g/mol. The predicted molar refractivity (Wildman–Crippen MR) is 80.1 cm³/mol. The van der Waals surface area contributed by atoms with Gasteiger partial charge >= 0.3 is 0 Å². The van der Waals surface area contributed by atoms with E-state index < -0.39 is 0 Å². The first-order chi connectivity index (χ1) is 10.2. The van der Waals surface area contributed by atoms with Crippen LogP contribution in [-0.4, -0.2) is 20.4 Å². The zero-order chi connectivity index (χ0) is 14.4. The summed E-state index contributed by atoms with van der Waals surface area (Å²) in [6.07, 6.45) is 2.26. The largest absolute Gasteiger partial charge is 0.368 e. The Labute approximate surface area is 121 Å². The number of fused-ring (bicyclic) bond motifs is 2. The Morgan fingerprint density at radius 3 is 2.76 bits per heavy atom. The lowest BCUT2D eigenvalue weighted by atomic mass is 9.95. The minimum atomic E-state index is 0.157. The normalized spacial score (nSPS) is 14.4. The maximum Gasteiger partial charge on any atom is 0.222 e. The number of benzene rings is 1. The SMILES string of the molecule is Nc1nc(-c2ccccc2)c2cc3c(nn12)CCCC3=O. The zero-order valence-corrected chi connectivity index (χ0v) is 11.4. The third-order valence-corrected chi connectivity index (χ3v) is 3.89. The molecule has 21 heavy (non-hydrogen) atoms. The molecule has 1 aliphatic rings. The van der Waals surface area contributed by atoms with Crippen LogP contribution in [0.15, 0.2) is 36.4 Å². The molecule has 3 aromatic rings. The molecule has 1 aliphatic carbocycles. The van der Waals surface area contributed by atoms with Crippen LogP contribution in [-0.2, 0) is 6.42 Å². The number of nitrogens with two attached hydrogens (primary N) is 1.